The molecule has 0 aliphatic rings. The van der Waals surface area contributed by atoms with Crippen LogP contribution in [-0.2, 0) is 6.18 Å². The zero-order chi connectivity index (χ0) is 18.2. The van der Waals surface area contributed by atoms with Gasteiger partial charge in [-0.25, -0.2) is 9.50 Å². The zero-order valence-corrected chi connectivity index (χ0v) is 14.3. The van der Waals surface area contributed by atoms with Gasteiger partial charge in [-0.15, -0.1) is 11.3 Å². The molecule has 0 spiro atoms. The SMILES string of the molecule is CC[C@H](C)NC(=O)c1cnn2c(C(F)(F)F)cc(-c3cccs3)nc12. The highest BCUT2D eigenvalue weighted by Gasteiger charge is 2.36. The topological polar surface area (TPSA) is 59.3 Å². The second-order valence-corrected chi connectivity index (χ2v) is 6.53. The Bertz CT molecular complexity index is 902. The van der Waals surface area contributed by atoms with Crippen LogP contribution in [0.25, 0.3) is 16.2 Å². The largest absolute Gasteiger partial charge is 0.433 e. The summed E-state index contributed by atoms with van der Waals surface area (Å²) in [6, 6.07) is 4.25. The fourth-order valence-electron chi connectivity index (χ4n) is 2.28. The highest BCUT2D eigenvalue weighted by Crippen LogP contribution is 2.33. The van der Waals surface area contributed by atoms with Gasteiger partial charge in [0.25, 0.3) is 5.91 Å². The van der Waals surface area contributed by atoms with Crippen molar-refractivity contribution >= 4 is 22.9 Å². The number of fused-ring (bicyclic) bond motifs is 1. The molecule has 3 aromatic heterocycles. The van der Waals surface area contributed by atoms with Crippen molar-refractivity contribution < 1.29 is 18.0 Å². The molecule has 3 heterocycles. The fraction of sp³-hybridized carbons (Fsp3) is 0.312. The second-order valence-electron chi connectivity index (χ2n) is 5.58. The number of carbonyl (C=O) groups is 1. The van der Waals surface area contributed by atoms with E-state index in [4.69, 9.17) is 0 Å². The van der Waals surface area contributed by atoms with E-state index in [2.05, 4.69) is 15.4 Å². The number of hydrogen-bond acceptors (Lipinski definition) is 4. The number of nitrogens with one attached hydrogen (secondary N) is 1. The molecule has 0 aliphatic carbocycles. The monoisotopic (exact) mass is 368 g/mol. The smallest absolute Gasteiger partial charge is 0.349 e. The molecule has 1 amide bonds. The number of halogens is 3. The van der Waals surface area contributed by atoms with Gasteiger partial charge in [-0.3, -0.25) is 4.79 Å². The molecule has 0 saturated heterocycles. The van der Waals surface area contributed by atoms with Crippen LogP contribution in [0.15, 0.2) is 29.8 Å². The predicted octanol–water partition coefficient (Wildman–Crippen LogP) is 4.00. The van der Waals surface area contributed by atoms with Gasteiger partial charge < -0.3 is 5.32 Å². The fourth-order valence-corrected chi connectivity index (χ4v) is 2.97. The highest BCUT2D eigenvalue weighted by atomic mass is 32.1. The Hall–Kier alpha value is -2.42. The van der Waals surface area contributed by atoms with Crippen LogP contribution >= 0.6 is 11.3 Å². The van der Waals surface area contributed by atoms with Gasteiger partial charge in [-0.05, 0) is 30.9 Å². The van der Waals surface area contributed by atoms with E-state index in [1.54, 1.807) is 17.5 Å². The molecular formula is C16H15F3N4OS. The highest BCUT2D eigenvalue weighted by molar-refractivity contribution is 7.13. The summed E-state index contributed by atoms with van der Waals surface area (Å²) in [6.07, 6.45) is -2.80. The lowest BCUT2D eigenvalue weighted by Crippen LogP contribution is -2.32. The van der Waals surface area contributed by atoms with Crippen molar-refractivity contribution in [3.63, 3.8) is 0 Å². The van der Waals surface area contributed by atoms with E-state index in [0.29, 0.717) is 15.8 Å². The second kappa shape index (κ2) is 6.47. The number of thiophene rings is 1. The Labute approximate surface area is 145 Å². The normalized spacial score (nSPS) is 13.2. The number of hydrogen-bond donors (Lipinski definition) is 1. The van der Waals surface area contributed by atoms with Crippen LogP contribution < -0.4 is 5.32 Å². The quantitative estimate of drug-likeness (QED) is 0.757. The third-order valence-electron chi connectivity index (χ3n) is 3.77. The third kappa shape index (κ3) is 3.37. The minimum atomic E-state index is -4.62. The molecule has 0 unspecified atom stereocenters. The van der Waals surface area contributed by atoms with Crippen LogP contribution in [0.3, 0.4) is 0 Å². The van der Waals surface area contributed by atoms with Crippen LogP contribution in [0.4, 0.5) is 13.2 Å². The summed E-state index contributed by atoms with van der Waals surface area (Å²) in [6.45, 7) is 3.71. The lowest BCUT2D eigenvalue weighted by atomic mass is 10.2. The number of nitrogens with zero attached hydrogens (tertiary/aromatic N) is 3. The van der Waals surface area contributed by atoms with Crippen LogP contribution in [0.5, 0.6) is 0 Å². The summed E-state index contributed by atoms with van der Waals surface area (Å²) in [5, 5.41) is 8.22. The minimum Gasteiger partial charge on any atom is -0.349 e. The Morgan fingerprint density at radius 2 is 2.20 bits per heavy atom. The summed E-state index contributed by atoms with van der Waals surface area (Å²) in [4.78, 5) is 17.2. The van der Waals surface area contributed by atoms with Crippen LogP contribution in [0.1, 0.15) is 36.3 Å². The lowest BCUT2D eigenvalue weighted by molar-refractivity contribution is -0.142. The molecule has 0 aliphatic heterocycles. The number of alkyl halides is 3. The van der Waals surface area contributed by atoms with Crippen molar-refractivity contribution in [3.05, 3.63) is 41.0 Å². The van der Waals surface area contributed by atoms with Crippen molar-refractivity contribution in [2.75, 3.05) is 0 Å². The molecule has 25 heavy (non-hydrogen) atoms. The molecular weight excluding hydrogens is 353 g/mol. The standard InChI is InChI=1S/C16H15F3N4OS/c1-3-9(2)21-15(24)10-8-20-23-13(16(17,18)19)7-11(22-14(10)23)12-5-4-6-25-12/h4-9H,3H2,1-2H3,(H,21,24)/t9-/m0/s1. The Morgan fingerprint density at radius 1 is 1.44 bits per heavy atom. The minimum absolute atomic E-state index is 0.0178. The Kier molecular flexibility index (Phi) is 4.51. The van der Waals surface area contributed by atoms with E-state index in [-0.39, 0.29) is 22.9 Å². The van der Waals surface area contributed by atoms with Crippen LogP contribution in [0, 0.1) is 0 Å². The van der Waals surface area contributed by atoms with E-state index in [9.17, 15) is 18.0 Å². The Morgan fingerprint density at radius 3 is 2.80 bits per heavy atom. The van der Waals surface area contributed by atoms with Crippen LogP contribution in [-0.4, -0.2) is 26.5 Å². The van der Waals surface area contributed by atoms with Gasteiger partial charge in [0.1, 0.15) is 5.56 Å². The van der Waals surface area contributed by atoms with Gasteiger partial charge in [0.15, 0.2) is 11.3 Å². The van der Waals surface area contributed by atoms with Crippen molar-refractivity contribution in [1.29, 1.82) is 0 Å². The molecule has 3 rings (SSSR count). The molecule has 1 N–H and O–H groups in total. The van der Waals surface area contributed by atoms with Crippen molar-refractivity contribution in [2.45, 2.75) is 32.5 Å². The maximum Gasteiger partial charge on any atom is 0.433 e. The number of aromatic nitrogens is 3. The average molecular weight is 368 g/mol. The zero-order valence-electron chi connectivity index (χ0n) is 13.5. The first-order chi connectivity index (χ1) is 11.8. The molecule has 0 aromatic carbocycles. The Balaban J connectivity index is 2.18. The maximum atomic E-state index is 13.4. The van der Waals surface area contributed by atoms with Gasteiger partial charge in [-0.2, -0.15) is 18.3 Å². The molecule has 9 heteroatoms. The number of rotatable bonds is 4. The summed E-state index contributed by atoms with van der Waals surface area (Å²) in [7, 11) is 0. The maximum absolute atomic E-state index is 13.4. The summed E-state index contributed by atoms with van der Waals surface area (Å²) in [5.41, 5.74) is -0.903. The molecule has 132 valence electrons. The molecule has 5 nitrogen and oxygen atoms in total. The first-order valence-corrected chi connectivity index (χ1v) is 8.50. The summed E-state index contributed by atoms with van der Waals surface area (Å²) < 4.78 is 41.0. The van der Waals surface area contributed by atoms with E-state index < -0.39 is 17.8 Å². The number of carbonyl (C=O) groups excluding carboxylic acids is 1. The lowest BCUT2D eigenvalue weighted by Gasteiger charge is -2.12. The van der Waals surface area contributed by atoms with Gasteiger partial charge >= 0.3 is 6.18 Å². The predicted molar refractivity (Wildman–Crippen MR) is 88.5 cm³/mol. The third-order valence-corrected chi connectivity index (χ3v) is 4.66. The van der Waals surface area contributed by atoms with E-state index in [1.165, 1.54) is 11.3 Å². The summed E-state index contributed by atoms with van der Waals surface area (Å²) >= 11 is 1.27. The van der Waals surface area contributed by atoms with Crippen molar-refractivity contribution in [1.82, 2.24) is 19.9 Å². The van der Waals surface area contributed by atoms with Crippen molar-refractivity contribution in [3.8, 4) is 10.6 Å². The summed E-state index contributed by atoms with van der Waals surface area (Å²) in [5.74, 6) is -0.492. The van der Waals surface area contributed by atoms with Crippen molar-refractivity contribution in [2.24, 2.45) is 0 Å². The average Bonchev–Trinajstić information content (AvgIpc) is 3.22. The van der Waals surface area contributed by atoms with Gasteiger partial charge in [0.05, 0.1) is 16.8 Å². The number of amides is 1. The van der Waals surface area contributed by atoms with E-state index >= 15 is 0 Å². The molecule has 3 aromatic rings. The van der Waals surface area contributed by atoms with Gasteiger partial charge in [0, 0.05) is 6.04 Å². The molecule has 0 saturated carbocycles. The van der Waals surface area contributed by atoms with E-state index in [1.807, 2.05) is 13.8 Å². The molecule has 0 fully saturated rings. The van der Waals surface area contributed by atoms with Gasteiger partial charge in [-0.1, -0.05) is 13.0 Å². The first-order valence-electron chi connectivity index (χ1n) is 7.62. The van der Waals surface area contributed by atoms with Gasteiger partial charge in [0.2, 0.25) is 0 Å². The first kappa shape index (κ1) is 17.4. The molecule has 0 bridgehead atoms. The van der Waals surface area contributed by atoms with E-state index in [0.717, 1.165) is 12.3 Å². The molecule has 1 atom stereocenters. The molecule has 0 radical (unpaired) electrons. The van der Waals surface area contributed by atoms with Crippen LogP contribution in [0.2, 0.25) is 0 Å².